The molecule has 0 heterocycles. The Balaban J connectivity index is 1.58. The van der Waals surface area contributed by atoms with Crippen LogP contribution < -0.4 is 0 Å². The van der Waals surface area contributed by atoms with Crippen LogP contribution >= 0.6 is 0 Å². The van der Waals surface area contributed by atoms with E-state index in [4.69, 9.17) is 5.11 Å². The second-order valence-electron chi connectivity index (χ2n) is 7.39. The largest absolute Gasteiger partial charge is 0.396 e. The number of aliphatic hydroxyl groups is 1. The van der Waals surface area contributed by atoms with Gasteiger partial charge >= 0.3 is 0 Å². The number of unbranched alkanes of at least 4 members (excludes halogenated alkanes) is 7. The van der Waals surface area contributed by atoms with Gasteiger partial charge in [0.1, 0.15) is 0 Å². The van der Waals surface area contributed by atoms with Gasteiger partial charge in [-0.25, -0.2) is 0 Å². The Morgan fingerprint density at radius 1 is 0.679 bits per heavy atom. The van der Waals surface area contributed by atoms with Crippen LogP contribution in [0.4, 0.5) is 0 Å². The summed E-state index contributed by atoms with van der Waals surface area (Å²) in [4.78, 5) is 12.4. The summed E-state index contributed by atoms with van der Waals surface area (Å²) < 4.78 is 0. The first-order chi connectivity index (χ1) is 13.8. The summed E-state index contributed by atoms with van der Waals surface area (Å²) in [5.74, 6) is 0.0866. The highest BCUT2D eigenvalue weighted by Gasteiger charge is 2.07. The maximum atomic E-state index is 12.4. The van der Waals surface area contributed by atoms with Gasteiger partial charge in [-0.1, -0.05) is 92.4 Å². The molecule has 0 atom stereocenters. The third-order valence-corrected chi connectivity index (χ3v) is 5.03. The first-order valence-corrected chi connectivity index (χ1v) is 10.8. The number of carbonyl (C=O) groups excluding carboxylic acids is 1. The lowest BCUT2D eigenvalue weighted by atomic mass is 10.0. The molecule has 1 N–H and O–H groups in total. The van der Waals surface area contributed by atoms with E-state index in [1.807, 2.05) is 42.5 Å². The molecule has 0 aromatic heterocycles. The van der Waals surface area contributed by atoms with Crippen molar-refractivity contribution < 1.29 is 9.90 Å². The van der Waals surface area contributed by atoms with Crippen molar-refractivity contribution >= 4 is 5.78 Å². The van der Waals surface area contributed by atoms with Gasteiger partial charge in [0.25, 0.3) is 0 Å². The zero-order chi connectivity index (χ0) is 19.9. The highest BCUT2D eigenvalue weighted by Crippen LogP contribution is 2.13. The van der Waals surface area contributed by atoms with Crippen LogP contribution in [0.15, 0.2) is 66.7 Å². The van der Waals surface area contributed by atoms with Crippen molar-refractivity contribution in [2.24, 2.45) is 0 Å². The van der Waals surface area contributed by atoms with Crippen LogP contribution in [-0.2, 0) is 6.42 Å². The number of allylic oxidation sites excluding steroid dienone is 2. The van der Waals surface area contributed by atoms with E-state index < -0.39 is 0 Å². The van der Waals surface area contributed by atoms with Gasteiger partial charge in [-0.3, -0.25) is 4.79 Å². The molecule has 0 fully saturated rings. The maximum absolute atomic E-state index is 12.4. The van der Waals surface area contributed by atoms with Crippen molar-refractivity contribution in [3.63, 3.8) is 0 Å². The Morgan fingerprint density at radius 2 is 1.25 bits per heavy atom. The standard InChI is InChI=1S/C26H34O2/c27-22-14-9-7-5-3-1-2-4-6-8-11-15-23-18-20-25(21-19-23)26(28)24-16-12-10-13-17-24/h4,6,10,12-13,16-21,27H,1-3,5,7-9,11,14-15,22H2/b6-4-. The van der Waals surface area contributed by atoms with Crippen LogP contribution in [0.2, 0.25) is 0 Å². The van der Waals surface area contributed by atoms with E-state index in [0.29, 0.717) is 6.61 Å². The third-order valence-electron chi connectivity index (χ3n) is 5.03. The Hall–Kier alpha value is -2.19. The van der Waals surface area contributed by atoms with Crippen molar-refractivity contribution in [2.75, 3.05) is 6.61 Å². The Kier molecular flexibility index (Phi) is 11.0. The van der Waals surface area contributed by atoms with E-state index in [0.717, 1.165) is 43.2 Å². The number of hydrogen-bond acceptors (Lipinski definition) is 2. The molecule has 150 valence electrons. The summed E-state index contributed by atoms with van der Waals surface area (Å²) in [6.45, 7) is 0.332. The molecule has 0 radical (unpaired) electrons. The van der Waals surface area contributed by atoms with Crippen LogP contribution in [-0.4, -0.2) is 17.5 Å². The molecule has 0 spiro atoms. The second kappa shape index (κ2) is 13.9. The predicted octanol–water partition coefficient (Wildman–Crippen LogP) is 6.52. The summed E-state index contributed by atoms with van der Waals surface area (Å²) in [6.07, 6.45) is 16.3. The van der Waals surface area contributed by atoms with Crippen molar-refractivity contribution in [2.45, 2.75) is 64.2 Å². The molecule has 0 saturated carbocycles. The van der Waals surface area contributed by atoms with Gasteiger partial charge in [-0.05, 0) is 44.1 Å². The number of hydrogen-bond donors (Lipinski definition) is 1. The van der Waals surface area contributed by atoms with Gasteiger partial charge in [0, 0.05) is 17.7 Å². The Labute approximate surface area is 170 Å². The molecule has 2 nitrogen and oxygen atoms in total. The highest BCUT2D eigenvalue weighted by atomic mass is 16.2. The Bertz CT molecular complexity index is 686. The average Bonchev–Trinajstić information content (AvgIpc) is 2.75. The zero-order valence-electron chi connectivity index (χ0n) is 17.0. The minimum absolute atomic E-state index is 0.0866. The summed E-state index contributed by atoms with van der Waals surface area (Å²) >= 11 is 0. The lowest BCUT2D eigenvalue weighted by molar-refractivity contribution is 0.103. The topological polar surface area (TPSA) is 37.3 Å². The number of rotatable bonds is 14. The average molecular weight is 379 g/mol. The Morgan fingerprint density at radius 3 is 1.93 bits per heavy atom. The van der Waals surface area contributed by atoms with Crippen LogP contribution in [0.25, 0.3) is 0 Å². The van der Waals surface area contributed by atoms with E-state index in [2.05, 4.69) is 24.3 Å². The van der Waals surface area contributed by atoms with E-state index in [1.165, 1.54) is 37.7 Å². The normalized spacial score (nSPS) is 11.2. The molecule has 2 aromatic carbocycles. The fourth-order valence-electron chi connectivity index (χ4n) is 3.32. The van der Waals surface area contributed by atoms with Crippen molar-refractivity contribution in [1.82, 2.24) is 0 Å². The first-order valence-electron chi connectivity index (χ1n) is 10.8. The number of aliphatic hydroxyl groups excluding tert-OH is 1. The number of ketones is 1. The molecule has 0 aliphatic rings. The van der Waals surface area contributed by atoms with Crippen LogP contribution in [0, 0.1) is 0 Å². The van der Waals surface area contributed by atoms with Crippen molar-refractivity contribution in [3.05, 3.63) is 83.4 Å². The fraction of sp³-hybridized carbons (Fsp3) is 0.423. The van der Waals surface area contributed by atoms with Crippen LogP contribution in [0.5, 0.6) is 0 Å². The van der Waals surface area contributed by atoms with E-state index in [9.17, 15) is 4.79 Å². The van der Waals surface area contributed by atoms with Gasteiger partial charge in [0.05, 0.1) is 0 Å². The maximum Gasteiger partial charge on any atom is 0.193 e. The molecule has 0 aliphatic carbocycles. The van der Waals surface area contributed by atoms with Crippen LogP contribution in [0.1, 0.15) is 79.3 Å². The summed E-state index contributed by atoms with van der Waals surface area (Å²) in [7, 11) is 0. The van der Waals surface area contributed by atoms with Gasteiger partial charge in [-0.2, -0.15) is 0 Å². The SMILES string of the molecule is O=C(c1ccccc1)c1ccc(CCC/C=C\CCCCCCCCO)cc1. The molecule has 2 heteroatoms. The summed E-state index contributed by atoms with van der Waals surface area (Å²) in [6, 6.07) is 17.5. The molecule has 2 aromatic rings. The molecule has 0 bridgehead atoms. The zero-order valence-corrected chi connectivity index (χ0v) is 17.0. The summed E-state index contributed by atoms with van der Waals surface area (Å²) in [5, 5.41) is 8.74. The minimum Gasteiger partial charge on any atom is -0.396 e. The molecular formula is C26H34O2. The van der Waals surface area contributed by atoms with Crippen molar-refractivity contribution in [1.29, 1.82) is 0 Å². The van der Waals surface area contributed by atoms with Crippen molar-refractivity contribution in [3.8, 4) is 0 Å². The van der Waals surface area contributed by atoms with Gasteiger partial charge < -0.3 is 5.11 Å². The highest BCUT2D eigenvalue weighted by molar-refractivity contribution is 6.08. The second-order valence-corrected chi connectivity index (χ2v) is 7.39. The first kappa shape index (κ1) is 22.1. The molecule has 0 aliphatic heterocycles. The van der Waals surface area contributed by atoms with E-state index in [1.54, 1.807) is 0 Å². The number of benzene rings is 2. The van der Waals surface area contributed by atoms with Gasteiger partial charge in [0.2, 0.25) is 0 Å². The van der Waals surface area contributed by atoms with E-state index >= 15 is 0 Å². The lowest BCUT2D eigenvalue weighted by Gasteiger charge is -2.04. The monoisotopic (exact) mass is 378 g/mol. The van der Waals surface area contributed by atoms with E-state index in [-0.39, 0.29) is 5.78 Å². The smallest absolute Gasteiger partial charge is 0.193 e. The molecule has 0 unspecified atom stereocenters. The molecule has 0 saturated heterocycles. The van der Waals surface area contributed by atoms with Gasteiger partial charge in [0.15, 0.2) is 5.78 Å². The third kappa shape index (κ3) is 8.67. The quantitative estimate of drug-likeness (QED) is 0.231. The summed E-state index contributed by atoms with van der Waals surface area (Å²) in [5.41, 5.74) is 2.79. The number of carbonyl (C=O) groups is 1. The fourth-order valence-corrected chi connectivity index (χ4v) is 3.32. The molecular weight excluding hydrogens is 344 g/mol. The van der Waals surface area contributed by atoms with Gasteiger partial charge in [-0.15, -0.1) is 0 Å². The van der Waals surface area contributed by atoms with Crippen LogP contribution in [0.3, 0.4) is 0 Å². The minimum atomic E-state index is 0.0866. The lowest BCUT2D eigenvalue weighted by Crippen LogP contribution is -2.00. The number of aryl methyl sites for hydroxylation is 1. The molecule has 0 amide bonds. The molecule has 2 rings (SSSR count). The predicted molar refractivity (Wildman–Crippen MR) is 118 cm³/mol. The molecule has 28 heavy (non-hydrogen) atoms.